The molecule has 1 saturated heterocycles. The van der Waals surface area contributed by atoms with Crippen LogP contribution in [0, 0.1) is 29.0 Å². The Balaban J connectivity index is 0.927. The van der Waals surface area contributed by atoms with Crippen molar-refractivity contribution in [2.45, 2.75) is 38.5 Å². The highest BCUT2D eigenvalue weighted by molar-refractivity contribution is 5.95. The lowest BCUT2D eigenvalue weighted by Gasteiger charge is -2.56. The van der Waals surface area contributed by atoms with Gasteiger partial charge in [-0.1, -0.05) is 18.2 Å². The molecule has 2 aromatic carbocycles. The minimum Gasteiger partial charge on any atom is -0.508 e. The summed E-state index contributed by atoms with van der Waals surface area (Å²) in [5.41, 5.74) is 1.76. The number of amides is 2. The van der Waals surface area contributed by atoms with E-state index < -0.39 is 5.82 Å². The number of halogens is 1. The van der Waals surface area contributed by atoms with Crippen LogP contribution in [0.15, 0.2) is 54.6 Å². The van der Waals surface area contributed by atoms with Crippen molar-refractivity contribution in [2.75, 3.05) is 37.6 Å². The smallest absolute Gasteiger partial charge is 0.271 e. The number of aromatic hydroxyl groups is 1. The topological polar surface area (TPSA) is 98.7 Å². The number of benzene rings is 2. The predicted molar refractivity (Wildman–Crippen MR) is 157 cm³/mol. The van der Waals surface area contributed by atoms with Gasteiger partial charge in [0.2, 0.25) is 0 Å². The van der Waals surface area contributed by atoms with Crippen molar-refractivity contribution in [1.29, 1.82) is 0 Å². The Morgan fingerprint density at radius 3 is 2.24 bits per heavy atom. The fourth-order valence-electron chi connectivity index (χ4n) is 8.36. The molecule has 2 heterocycles. The maximum absolute atomic E-state index is 14.9. The number of aromatic nitrogens is 2. The standard InChI is InChI=1S/C33H36FN5O3/c34-28-16-25(4-5-27(28)24-2-1-3-26(40)15-24)32(42)39-10-8-38(9-11-39)30-7-6-29(36-37-30)31(41)35-20-33-17-21-12-22(18-33)14-23(13-21)19-33/h1-7,15-16,21-23,40H,8-14,17-20H2,(H,35,41). The highest BCUT2D eigenvalue weighted by atomic mass is 19.1. The van der Waals surface area contributed by atoms with Crippen molar-refractivity contribution in [2.24, 2.45) is 23.2 Å². The van der Waals surface area contributed by atoms with Crippen molar-refractivity contribution in [3.05, 3.63) is 71.7 Å². The highest BCUT2D eigenvalue weighted by Crippen LogP contribution is 2.59. The quantitative estimate of drug-likeness (QED) is 0.439. The molecular weight excluding hydrogens is 533 g/mol. The number of carbonyl (C=O) groups excluding carboxylic acids is 2. The number of hydrogen-bond donors (Lipinski definition) is 2. The van der Waals surface area contributed by atoms with Gasteiger partial charge in [-0.05, 0) is 104 Å². The average molecular weight is 570 g/mol. The first-order valence-corrected chi connectivity index (χ1v) is 15.1. The van der Waals surface area contributed by atoms with E-state index in [1.807, 2.05) is 11.0 Å². The molecule has 0 unspecified atom stereocenters. The summed E-state index contributed by atoms with van der Waals surface area (Å²) in [6.45, 7) is 2.77. The monoisotopic (exact) mass is 569 g/mol. The zero-order chi connectivity index (χ0) is 28.8. The lowest BCUT2D eigenvalue weighted by molar-refractivity contribution is -0.0503. The Labute approximate surface area is 244 Å². The Morgan fingerprint density at radius 1 is 0.905 bits per heavy atom. The molecule has 2 N–H and O–H groups in total. The number of rotatable bonds is 6. The summed E-state index contributed by atoms with van der Waals surface area (Å²) in [7, 11) is 0. The molecule has 4 saturated carbocycles. The lowest BCUT2D eigenvalue weighted by Crippen LogP contribution is -2.51. The number of anilines is 1. The molecule has 9 heteroatoms. The first-order chi connectivity index (χ1) is 20.3. The van der Waals surface area contributed by atoms with Gasteiger partial charge in [0.25, 0.3) is 11.8 Å². The molecule has 1 aromatic heterocycles. The van der Waals surface area contributed by atoms with Gasteiger partial charge in [0.05, 0.1) is 0 Å². The maximum atomic E-state index is 14.9. The van der Waals surface area contributed by atoms with Gasteiger partial charge in [-0.2, -0.15) is 0 Å². The Kier molecular flexibility index (Phi) is 6.83. The molecule has 218 valence electrons. The lowest BCUT2D eigenvalue weighted by atomic mass is 9.49. The summed E-state index contributed by atoms with van der Waals surface area (Å²) in [5, 5.41) is 21.4. The van der Waals surface area contributed by atoms with E-state index in [2.05, 4.69) is 15.5 Å². The van der Waals surface area contributed by atoms with Gasteiger partial charge in [0.1, 0.15) is 11.6 Å². The second kappa shape index (κ2) is 10.7. The summed E-state index contributed by atoms with van der Waals surface area (Å²) in [6.07, 6.45) is 7.90. The number of carbonyl (C=O) groups is 2. The summed E-state index contributed by atoms with van der Waals surface area (Å²) in [5.74, 6) is 2.36. The second-order valence-corrected chi connectivity index (χ2v) is 12.9. The van der Waals surface area contributed by atoms with E-state index in [9.17, 15) is 19.1 Å². The normalized spacial score (nSPS) is 26.4. The first kappa shape index (κ1) is 26.9. The second-order valence-electron chi connectivity index (χ2n) is 12.9. The molecule has 3 aromatic rings. The van der Waals surface area contributed by atoms with E-state index in [1.165, 1.54) is 56.7 Å². The molecule has 0 spiro atoms. The van der Waals surface area contributed by atoms with Gasteiger partial charge < -0.3 is 20.2 Å². The third kappa shape index (κ3) is 5.21. The van der Waals surface area contributed by atoms with Crippen LogP contribution >= 0.6 is 0 Å². The number of nitrogens with zero attached hydrogens (tertiary/aromatic N) is 4. The van der Waals surface area contributed by atoms with Gasteiger partial charge in [-0.25, -0.2) is 4.39 Å². The zero-order valence-electron chi connectivity index (χ0n) is 23.6. The molecule has 4 aliphatic carbocycles. The van der Waals surface area contributed by atoms with Crippen LogP contribution < -0.4 is 10.2 Å². The molecule has 2 amide bonds. The van der Waals surface area contributed by atoms with Crippen molar-refractivity contribution in [1.82, 2.24) is 20.4 Å². The third-order valence-electron chi connectivity index (χ3n) is 9.94. The minimum absolute atomic E-state index is 0.0555. The Bertz CT molecular complexity index is 1470. The first-order valence-electron chi connectivity index (χ1n) is 15.1. The van der Waals surface area contributed by atoms with E-state index in [0.717, 1.165) is 24.3 Å². The fourth-order valence-corrected chi connectivity index (χ4v) is 8.36. The highest BCUT2D eigenvalue weighted by Gasteiger charge is 2.50. The van der Waals surface area contributed by atoms with Crippen LogP contribution in [-0.2, 0) is 0 Å². The van der Waals surface area contributed by atoms with E-state index in [0.29, 0.717) is 48.8 Å². The number of phenols is 1. The number of piperazine rings is 1. The molecule has 0 radical (unpaired) electrons. The van der Waals surface area contributed by atoms with Gasteiger partial charge in [0, 0.05) is 43.9 Å². The van der Waals surface area contributed by atoms with Gasteiger partial charge >= 0.3 is 0 Å². The molecule has 42 heavy (non-hydrogen) atoms. The maximum Gasteiger partial charge on any atom is 0.271 e. The van der Waals surface area contributed by atoms with E-state index in [4.69, 9.17) is 0 Å². The summed E-state index contributed by atoms with van der Waals surface area (Å²) in [4.78, 5) is 29.8. The van der Waals surface area contributed by atoms with Crippen LogP contribution in [0.2, 0.25) is 0 Å². The molecule has 5 fully saturated rings. The van der Waals surface area contributed by atoms with Crippen LogP contribution in [-0.4, -0.2) is 64.7 Å². The summed E-state index contributed by atoms with van der Waals surface area (Å²) < 4.78 is 14.9. The van der Waals surface area contributed by atoms with Crippen LogP contribution in [0.3, 0.4) is 0 Å². The number of phenolic OH excluding ortho intramolecular Hbond substituents is 1. The Hall–Kier alpha value is -4.01. The van der Waals surface area contributed by atoms with Gasteiger partial charge in [-0.15, -0.1) is 10.2 Å². The van der Waals surface area contributed by atoms with Crippen molar-refractivity contribution in [3.63, 3.8) is 0 Å². The van der Waals surface area contributed by atoms with Crippen LogP contribution in [0.1, 0.15) is 59.4 Å². The molecule has 8 rings (SSSR count). The largest absolute Gasteiger partial charge is 0.508 e. The Morgan fingerprint density at radius 2 is 1.62 bits per heavy atom. The fraction of sp³-hybridized carbons (Fsp3) is 0.455. The van der Waals surface area contributed by atoms with E-state index in [-0.39, 0.29) is 28.5 Å². The van der Waals surface area contributed by atoms with Crippen LogP contribution in [0.25, 0.3) is 11.1 Å². The summed E-state index contributed by atoms with van der Waals surface area (Å²) in [6, 6.07) is 14.4. The van der Waals surface area contributed by atoms with Crippen LogP contribution in [0.4, 0.5) is 10.2 Å². The van der Waals surface area contributed by atoms with E-state index in [1.54, 1.807) is 35.2 Å². The average Bonchev–Trinajstić information content (AvgIpc) is 2.99. The molecule has 4 bridgehead atoms. The molecule has 1 aliphatic heterocycles. The molecular formula is C33H36FN5O3. The van der Waals surface area contributed by atoms with E-state index >= 15 is 0 Å². The minimum atomic E-state index is -0.512. The van der Waals surface area contributed by atoms with Crippen molar-refractivity contribution < 1.29 is 19.1 Å². The van der Waals surface area contributed by atoms with Crippen molar-refractivity contribution in [3.8, 4) is 16.9 Å². The summed E-state index contributed by atoms with van der Waals surface area (Å²) >= 11 is 0. The molecule has 0 atom stereocenters. The number of hydrogen-bond acceptors (Lipinski definition) is 6. The zero-order valence-corrected chi connectivity index (χ0v) is 23.6. The molecule has 5 aliphatic rings. The van der Waals surface area contributed by atoms with Gasteiger partial charge in [-0.3, -0.25) is 9.59 Å². The van der Waals surface area contributed by atoms with Gasteiger partial charge in [0.15, 0.2) is 11.5 Å². The molecule has 8 nitrogen and oxygen atoms in total. The predicted octanol–water partition coefficient (Wildman–Crippen LogP) is 4.90. The SMILES string of the molecule is O=C(NCC12CC3CC(CC(C3)C1)C2)c1ccc(N2CCN(C(=O)c3ccc(-c4cccc(O)c4)c(F)c3)CC2)nn1. The third-order valence-corrected chi connectivity index (χ3v) is 9.94. The number of nitrogens with one attached hydrogen (secondary N) is 1. The van der Waals surface area contributed by atoms with Crippen LogP contribution in [0.5, 0.6) is 5.75 Å². The van der Waals surface area contributed by atoms with Crippen molar-refractivity contribution >= 4 is 17.6 Å².